The molecule has 2 aromatic rings. The Morgan fingerprint density at radius 2 is 1.90 bits per heavy atom. The summed E-state index contributed by atoms with van der Waals surface area (Å²) in [5.74, 6) is 1.15. The molecule has 31 heavy (non-hydrogen) atoms. The first-order valence-corrected chi connectivity index (χ1v) is 11.1. The van der Waals surface area contributed by atoms with E-state index < -0.39 is 22.0 Å². The van der Waals surface area contributed by atoms with Gasteiger partial charge < -0.3 is 24.6 Å². The number of aryl methyl sites for hydroxylation is 2. The molecule has 168 valence electrons. The minimum absolute atomic E-state index is 0.0588. The molecule has 1 unspecified atom stereocenters. The Morgan fingerprint density at radius 1 is 1.16 bits per heavy atom. The third-order valence-electron chi connectivity index (χ3n) is 4.87. The zero-order valence-corrected chi connectivity index (χ0v) is 18.4. The zero-order chi connectivity index (χ0) is 22.6. The lowest BCUT2D eigenvalue weighted by atomic mass is 10.1. The molecular weight excluding hydrogens is 424 g/mol. The molecule has 1 aliphatic heterocycles. The second-order valence-corrected chi connectivity index (χ2v) is 9.34. The lowest BCUT2D eigenvalue weighted by Gasteiger charge is -2.18. The van der Waals surface area contributed by atoms with E-state index in [4.69, 9.17) is 14.2 Å². The minimum Gasteiger partial charge on any atom is -0.491 e. The van der Waals surface area contributed by atoms with Crippen LogP contribution < -0.4 is 19.5 Å². The Labute approximate surface area is 181 Å². The molecule has 3 rings (SSSR count). The van der Waals surface area contributed by atoms with Gasteiger partial charge in [0.05, 0.1) is 11.4 Å². The molecule has 0 radical (unpaired) electrons. The summed E-state index contributed by atoms with van der Waals surface area (Å²) in [5.41, 5.74) is 1.83. The van der Waals surface area contributed by atoms with Gasteiger partial charge in [-0.15, -0.1) is 0 Å². The van der Waals surface area contributed by atoms with E-state index in [1.165, 1.54) is 13.1 Å². The van der Waals surface area contributed by atoms with E-state index in [-0.39, 0.29) is 31.4 Å². The van der Waals surface area contributed by atoms with Crippen LogP contribution in [0.1, 0.15) is 11.1 Å². The monoisotopic (exact) mass is 450 g/mol. The van der Waals surface area contributed by atoms with Gasteiger partial charge in [-0.2, -0.15) is 4.31 Å². The normalized spacial score (nSPS) is 13.8. The summed E-state index contributed by atoms with van der Waals surface area (Å²) in [4.78, 5) is 12.3. The van der Waals surface area contributed by atoms with E-state index in [1.807, 2.05) is 13.8 Å². The largest absolute Gasteiger partial charge is 0.491 e. The number of hydrogen-bond acceptors (Lipinski definition) is 7. The fourth-order valence-corrected chi connectivity index (χ4v) is 4.06. The van der Waals surface area contributed by atoms with Gasteiger partial charge in [0.1, 0.15) is 18.5 Å². The summed E-state index contributed by atoms with van der Waals surface area (Å²) in [5, 5.41) is 12.6. The Morgan fingerprint density at radius 3 is 2.65 bits per heavy atom. The van der Waals surface area contributed by atoms with Crippen LogP contribution in [-0.4, -0.2) is 63.4 Å². The van der Waals surface area contributed by atoms with Crippen LogP contribution in [0.4, 0.5) is 0 Å². The van der Waals surface area contributed by atoms with Crippen LogP contribution in [0.3, 0.4) is 0 Å². The van der Waals surface area contributed by atoms with Crippen molar-refractivity contribution in [2.24, 2.45) is 0 Å². The van der Waals surface area contributed by atoms with E-state index in [0.717, 1.165) is 15.4 Å². The third-order valence-corrected chi connectivity index (χ3v) is 6.67. The lowest BCUT2D eigenvalue weighted by molar-refractivity contribution is -0.121. The highest BCUT2D eigenvalue weighted by Gasteiger charge is 2.23. The van der Waals surface area contributed by atoms with Crippen molar-refractivity contribution in [2.45, 2.75) is 24.8 Å². The first kappa shape index (κ1) is 22.9. The number of amides is 1. The van der Waals surface area contributed by atoms with E-state index in [1.54, 1.807) is 30.3 Å². The molecule has 9 nitrogen and oxygen atoms in total. The fourth-order valence-electron chi connectivity index (χ4n) is 2.85. The van der Waals surface area contributed by atoms with Gasteiger partial charge in [-0.3, -0.25) is 4.79 Å². The molecule has 2 aromatic carbocycles. The van der Waals surface area contributed by atoms with Crippen LogP contribution in [0.2, 0.25) is 0 Å². The highest BCUT2D eigenvalue weighted by Crippen LogP contribution is 2.35. The van der Waals surface area contributed by atoms with Gasteiger partial charge in [-0.1, -0.05) is 6.07 Å². The molecule has 2 N–H and O–H groups in total. The van der Waals surface area contributed by atoms with Crippen LogP contribution in [-0.2, 0) is 14.8 Å². The maximum absolute atomic E-state index is 12.7. The van der Waals surface area contributed by atoms with E-state index in [2.05, 4.69) is 5.32 Å². The molecule has 1 amide bonds. The predicted octanol–water partition coefficient (Wildman–Crippen LogP) is 1.21. The molecule has 1 aliphatic rings. The number of fused-ring (bicyclic) bond motifs is 1. The highest BCUT2D eigenvalue weighted by molar-refractivity contribution is 7.89. The van der Waals surface area contributed by atoms with Crippen LogP contribution >= 0.6 is 0 Å². The number of hydrogen-bond donors (Lipinski definition) is 2. The molecule has 1 heterocycles. The van der Waals surface area contributed by atoms with Gasteiger partial charge in [-0.05, 0) is 49.2 Å². The Hall–Kier alpha value is -2.82. The van der Waals surface area contributed by atoms with Gasteiger partial charge in [0.15, 0.2) is 11.5 Å². The molecule has 0 aromatic heterocycles. The van der Waals surface area contributed by atoms with Gasteiger partial charge >= 0.3 is 0 Å². The Balaban J connectivity index is 1.46. The SMILES string of the molecule is Cc1ccc(S(=O)(=O)N(C)CC(=O)NCC(O)COc2ccc3c(c2)OCO3)cc1C. The number of aliphatic hydroxyl groups excluding tert-OH is 1. The van der Waals surface area contributed by atoms with Crippen LogP contribution in [0, 0.1) is 13.8 Å². The molecule has 0 fully saturated rings. The van der Waals surface area contributed by atoms with Crippen molar-refractivity contribution in [2.75, 3.05) is 33.5 Å². The quantitative estimate of drug-likeness (QED) is 0.590. The predicted molar refractivity (Wildman–Crippen MR) is 113 cm³/mol. The maximum Gasteiger partial charge on any atom is 0.243 e. The van der Waals surface area contributed by atoms with E-state index in [9.17, 15) is 18.3 Å². The van der Waals surface area contributed by atoms with E-state index >= 15 is 0 Å². The number of rotatable bonds is 9. The first-order chi connectivity index (χ1) is 14.7. The summed E-state index contributed by atoms with van der Waals surface area (Å²) in [6.45, 7) is 3.36. The summed E-state index contributed by atoms with van der Waals surface area (Å²) in [6, 6.07) is 9.87. The highest BCUT2D eigenvalue weighted by atomic mass is 32.2. The minimum atomic E-state index is -3.80. The van der Waals surface area contributed by atoms with Crippen LogP contribution in [0.15, 0.2) is 41.3 Å². The van der Waals surface area contributed by atoms with Crippen molar-refractivity contribution < 1.29 is 32.5 Å². The van der Waals surface area contributed by atoms with Crippen molar-refractivity contribution in [3.63, 3.8) is 0 Å². The molecule has 0 spiro atoms. The number of carbonyl (C=O) groups is 1. The number of ether oxygens (including phenoxy) is 3. The number of carbonyl (C=O) groups excluding carboxylic acids is 1. The molecule has 0 bridgehead atoms. The van der Waals surface area contributed by atoms with Crippen molar-refractivity contribution in [3.05, 3.63) is 47.5 Å². The molecular formula is C21H26N2O7S. The van der Waals surface area contributed by atoms with Gasteiger partial charge in [0.25, 0.3) is 0 Å². The smallest absolute Gasteiger partial charge is 0.243 e. The van der Waals surface area contributed by atoms with Crippen molar-refractivity contribution in [1.82, 2.24) is 9.62 Å². The van der Waals surface area contributed by atoms with Gasteiger partial charge in [0.2, 0.25) is 22.7 Å². The second-order valence-electron chi connectivity index (χ2n) is 7.29. The average molecular weight is 451 g/mol. The third kappa shape index (κ3) is 5.66. The number of benzene rings is 2. The molecule has 10 heteroatoms. The zero-order valence-electron chi connectivity index (χ0n) is 17.6. The Bertz CT molecular complexity index is 1060. The molecule has 1 atom stereocenters. The number of nitrogens with zero attached hydrogens (tertiary/aromatic N) is 1. The summed E-state index contributed by atoms with van der Waals surface area (Å²) in [6.07, 6.45) is -0.976. The van der Waals surface area contributed by atoms with Crippen molar-refractivity contribution >= 4 is 15.9 Å². The maximum atomic E-state index is 12.7. The van der Waals surface area contributed by atoms with Gasteiger partial charge in [0, 0.05) is 19.7 Å². The van der Waals surface area contributed by atoms with Crippen molar-refractivity contribution in [1.29, 1.82) is 0 Å². The topological polar surface area (TPSA) is 114 Å². The molecule has 0 saturated carbocycles. The summed E-state index contributed by atoms with van der Waals surface area (Å²) < 4.78 is 42.3. The van der Waals surface area contributed by atoms with Crippen LogP contribution in [0.25, 0.3) is 0 Å². The number of likely N-dealkylation sites (N-methyl/N-ethyl adjacent to an activating group) is 1. The number of aliphatic hydroxyl groups is 1. The van der Waals surface area contributed by atoms with Gasteiger partial charge in [-0.25, -0.2) is 8.42 Å². The molecule has 0 saturated heterocycles. The second kappa shape index (κ2) is 9.54. The first-order valence-electron chi connectivity index (χ1n) is 9.67. The van der Waals surface area contributed by atoms with Crippen LogP contribution in [0.5, 0.6) is 17.2 Å². The fraction of sp³-hybridized carbons (Fsp3) is 0.381. The summed E-state index contributed by atoms with van der Waals surface area (Å²) in [7, 11) is -2.46. The molecule has 0 aliphatic carbocycles. The standard InChI is InChI=1S/C21H26N2O7S/c1-14-4-6-18(8-15(14)2)31(26,27)23(3)11-21(25)22-10-16(24)12-28-17-5-7-19-20(9-17)30-13-29-19/h4-9,16,24H,10-13H2,1-3H3,(H,22,25). The van der Waals surface area contributed by atoms with E-state index in [0.29, 0.717) is 17.2 Å². The van der Waals surface area contributed by atoms with Crippen molar-refractivity contribution in [3.8, 4) is 17.2 Å². The average Bonchev–Trinajstić information content (AvgIpc) is 3.20. The Kier molecular flexibility index (Phi) is 7.04. The lowest BCUT2D eigenvalue weighted by Crippen LogP contribution is -2.42. The number of nitrogens with one attached hydrogen (secondary N) is 1. The number of sulfonamides is 1. The summed E-state index contributed by atoms with van der Waals surface area (Å²) >= 11 is 0.